The molecule has 0 spiro atoms. The lowest BCUT2D eigenvalue weighted by atomic mass is 10.1. The van der Waals surface area contributed by atoms with Crippen LogP contribution in [0.4, 0.5) is 14.6 Å². The first-order valence-electron chi connectivity index (χ1n) is 10.6. The number of nitrogens with one attached hydrogen (secondary N) is 2. The fourth-order valence-corrected chi connectivity index (χ4v) is 3.92. The van der Waals surface area contributed by atoms with Crippen molar-refractivity contribution in [2.45, 2.75) is 32.4 Å². The molecular formula is C22H27F2N5O2. The number of aliphatic imine (C=N–C) groups is 1. The average Bonchev–Trinajstić information content (AvgIpc) is 3.22. The molecule has 1 unspecified atom stereocenters. The van der Waals surface area contributed by atoms with Gasteiger partial charge < -0.3 is 25.0 Å². The second-order valence-electron chi connectivity index (χ2n) is 7.56. The minimum Gasteiger partial charge on any atom is -0.467 e. The molecule has 166 valence electrons. The van der Waals surface area contributed by atoms with Crippen molar-refractivity contribution < 1.29 is 18.3 Å². The van der Waals surface area contributed by atoms with Gasteiger partial charge in [-0.05, 0) is 49.6 Å². The van der Waals surface area contributed by atoms with Gasteiger partial charge >= 0.3 is 0 Å². The highest BCUT2D eigenvalue weighted by atomic mass is 19.1. The number of aromatic nitrogens is 1. The number of pyridine rings is 1. The molecule has 2 N–H and O–H groups in total. The molecule has 2 aliphatic rings. The van der Waals surface area contributed by atoms with Crippen LogP contribution in [0, 0.1) is 11.6 Å². The Morgan fingerprint density at radius 3 is 3.10 bits per heavy atom. The number of benzene rings is 1. The molecule has 3 heterocycles. The summed E-state index contributed by atoms with van der Waals surface area (Å²) in [6.07, 6.45) is 3.00. The Balaban J connectivity index is 1.37. The van der Waals surface area contributed by atoms with Crippen LogP contribution < -0.4 is 20.3 Å². The normalized spacial score (nSPS) is 18.5. The van der Waals surface area contributed by atoms with Crippen molar-refractivity contribution in [2.75, 3.05) is 37.9 Å². The Labute approximate surface area is 180 Å². The summed E-state index contributed by atoms with van der Waals surface area (Å²) in [5.41, 5.74) is 1.51. The summed E-state index contributed by atoms with van der Waals surface area (Å²) in [6.45, 7) is 5.08. The van der Waals surface area contributed by atoms with Crippen molar-refractivity contribution >= 4 is 11.8 Å². The van der Waals surface area contributed by atoms with Gasteiger partial charge in [0.05, 0.1) is 6.61 Å². The van der Waals surface area contributed by atoms with E-state index < -0.39 is 0 Å². The van der Waals surface area contributed by atoms with Crippen LogP contribution in [0.3, 0.4) is 0 Å². The van der Waals surface area contributed by atoms with Crippen molar-refractivity contribution in [3.63, 3.8) is 0 Å². The van der Waals surface area contributed by atoms with Crippen LogP contribution in [-0.2, 0) is 17.8 Å². The number of halogens is 2. The van der Waals surface area contributed by atoms with Crippen LogP contribution in [0.15, 0.2) is 35.5 Å². The third-order valence-electron chi connectivity index (χ3n) is 5.31. The number of hydrogen-bond acceptors (Lipinski definition) is 5. The van der Waals surface area contributed by atoms with Gasteiger partial charge in [-0.15, -0.1) is 0 Å². The second kappa shape index (κ2) is 9.91. The summed E-state index contributed by atoms with van der Waals surface area (Å²) in [4.78, 5) is 10.7. The van der Waals surface area contributed by atoms with Crippen molar-refractivity contribution in [3.8, 4) is 5.75 Å². The molecule has 1 aromatic heterocycles. The zero-order valence-electron chi connectivity index (χ0n) is 17.5. The topological polar surface area (TPSA) is 71.0 Å². The molecule has 1 aromatic carbocycles. The van der Waals surface area contributed by atoms with E-state index in [1.165, 1.54) is 18.2 Å². The van der Waals surface area contributed by atoms with Crippen molar-refractivity contribution in [3.05, 3.63) is 53.2 Å². The summed E-state index contributed by atoms with van der Waals surface area (Å²) >= 11 is 0. The first-order valence-corrected chi connectivity index (χ1v) is 10.6. The molecule has 2 aromatic rings. The number of guanidine groups is 1. The van der Waals surface area contributed by atoms with Gasteiger partial charge in [-0.3, -0.25) is 4.99 Å². The van der Waals surface area contributed by atoms with Crippen molar-refractivity contribution in [1.29, 1.82) is 0 Å². The molecule has 1 fully saturated rings. The first-order chi connectivity index (χ1) is 15.1. The van der Waals surface area contributed by atoms with Crippen molar-refractivity contribution in [2.24, 2.45) is 4.99 Å². The van der Waals surface area contributed by atoms with Gasteiger partial charge in [0.2, 0.25) is 0 Å². The molecule has 0 amide bonds. The Kier molecular flexibility index (Phi) is 6.81. The van der Waals surface area contributed by atoms with Gasteiger partial charge in [-0.1, -0.05) is 0 Å². The van der Waals surface area contributed by atoms with E-state index in [4.69, 9.17) is 9.47 Å². The Morgan fingerprint density at radius 2 is 2.26 bits per heavy atom. The van der Waals surface area contributed by atoms with Crippen LogP contribution >= 0.6 is 0 Å². The maximum atomic E-state index is 14.0. The maximum absolute atomic E-state index is 14.0. The quantitative estimate of drug-likeness (QED) is 0.541. The summed E-state index contributed by atoms with van der Waals surface area (Å²) in [5, 5.41) is 6.66. The standard InChI is InChI=1S/C22H27F2N5O2/c1-2-25-22(28-18-6-9-29(12-18)21-19(24)4-3-7-26-21)27-8-5-15-10-17(23)11-16-13-30-14-31-20(15)16/h3-4,7,10-11,18H,2,5-6,8-9,12-14H2,1H3,(H2,25,27,28). The van der Waals surface area contributed by atoms with Crippen LogP contribution in [0.2, 0.25) is 0 Å². The largest absolute Gasteiger partial charge is 0.467 e. The first kappa shape index (κ1) is 21.3. The molecule has 0 aliphatic carbocycles. The summed E-state index contributed by atoms with van der Waals surface area (Å²) in [6, 6.07) is 6.09. The second-order valence-corrected chi connectivity index (χ2v) is 7.56. The summed E-state index contributed by atoms with van der Waals surface area (Å²) in [5.74, 6) is 1.16. The SMILES string of the molecule is CCNC(=NCCc1cc(F)cc2c1OCOC2)NC1CCN(c2ncccc2F)C1. The van der Waals surface area contributed by atoms with Crippen LogP contribution in [0.1, 0.15) is 24.5 Å². The van der Waals surface area contributed by atoms with E-state index in [2.05, 4.69) is 20.6 Å². The molecule has 9 heteroatoms. The minimum absolute atomic E-state index is 0.126. The molecule has 31 heavy (non-hydrogen) atoms. The lowest BCUT2D eigenvalue weighted by molar-refractivity contribution is -0.0172. The highest BCUT2D eigenvalue weighted by molar-refractivity contribution is 5.80. The maximum Gasteiger partial charge on any atom is 0.191 e. The minimum atomic E-state index is -0.310. The number of rotatable bonds is 6. The lowest BCUT2D eigenvalue weighted by Gasteiger charge is -2.21. The zero-order valence-corrected chi connectivity index (χ0v) is 17.5. The monoisotopic (exact) mass is 431 g/mol. The number of anilines is 1. The average molecular weight is 431 g/mol. The van der Waals surface area contributed by atoms with Crippen LogP contribution in [-0.4, -0.2) is 50.0 Å². The third-order valence-corrected chi connectivity index (χ3v) is 5.31. The van der Waals surface area contributed by atoms with E-state index in [-0.39, 0.29) is 24.5 Å². The molecule has 7 nitrogen and oxygen atoms in total. The molecule has 0 saturated carbocycles. The zero-order chi connectivity index (χ0) is 21.6. The Bertz CT molecular complexity index is 940. The number of nitrogens with zero attached hydrogens (tertiary/aromatic N) is 3. The van der Waals surface area contributed by atoms with E-state index in [0.717, 1.165) is 24.1 Å². The van der Waals surface area contributed by atoms with Gasteiger partial charge in [0.25, 0.3) is 0 Å². The van der Waals surface area contributed by atoms with Gasteiger partial charge in [0.15, 0.2) is 24.4 Å². The molecular weight excluding hydrogens is 404 g/mol. The molecule has 0 bridgehead atoms. The molecule has 0 radical (unpaired) electrons. The summed E-state index contributed by atoms with van der Waals surface area (Å²) in [7, 11) is 0. The van der Waals surface area contributed by atoms with Gasteiger partial charge in [-0.25, -0.2) is 13.8 Å². The van der Waals surface area contributed by atoms with E-state index in [0.29, 0.717) is 50.2 Å². The van der Waals surface area contributed by atoms with E-state index in [1.807, 2.05) is 11.8 Å². The third kappa shape index (κ3) is 5.22. The molecule has 2 aliphatic heterocycles. The highest BCUT2D eigenvalue weighted by Gasteiger charge is 2.26. The van der Waals surface area contributed by atoms with E-state index in [9.17, 15) is 8.78 Å². The Hall–Kier alpha value is -2.94. The predicted molar refractivity (Wildman–Crippen MR) is 114 cm³/mol. The molecule has 4 rings (SSSR count). The molecule has 1 atom stereocenters. The van der Waals surface area contributed by atoms with Gasteiger partial charge in [0, 0.05) is 44.0 Å². The lowest BCUT2D eigenvalue weighted by Crippen LogP contribution is -2.44. The van der Waals surface area contributed by atoms with E-state index in [1.54, 1.807) is 12.3 Å². The fourth-order valence-electron chi connectivity index (χ4n) is 3.92. The molecule has 1 saturated heterocycles. The summed E-state index contributed by atoms with van der Waals surface area (Å²) < 4.78 is 38.8. The number of ether oxygens (including phenoxy) is 2. The van der Waals surface area contributed by atoms with Crippen LogP contribution in [0.5, 0.6) is 5.75 Å². The van der Waals surface area contributed by atoms with Gasteiger partial charge in [-0.2, -0.15) is 0 Å². The van der Waals surface area contributed by atoms with E-state index >= 15 is 0 Å². The number of fused-ring (bicyclic) bond motifs is 1. The van der Waals surface area contributed by atoms with Crippen molar-refractivity contribution in [1.82, 2.24) is 15.6 Å². The highest BCUT2D eigenvalue weighted by Crippen LogP contribution is 2.29. The predicted octanol–water partition coefficient (Wildman–Crippen LogP) is 2.60. The fraction of sp³-hybridized carbons (Fsp3) is 0.455. The number of hydrogen-bond donors (Lipinski definition) is 2. The van der Waals surface area contributed by atoms with Crippen LogP contribution in [0.25, 0.3) is 0 Å². The smallest absolute Gasteiger partial charge is 0.191 e. The Morgan fingerprint density at radius 1 is 1.35 bits per heavy atom. The van der Waals surface area contributed by atoms with Gasteiger partial charge in [0.1, 0.15) is 11.6 Å².